The SMILES string of the molecule is CCCC1CCC(CNCC)(OCC2CCCO2)CC1. The summed E-state index contributed by atoms with van der Waals surface area (Å²) in [6.07, 6.45) is 10.6. The van der Waals surface area contributed by atoms with Crippen LogP contribution in [-0.2, 0) is 9.47 Å². The Kier molecular flexibility index (Phi) is 6.79. The Labute approximate surface area is 124 Å². The predicted octanol–water partition coefficient (Wildman–Crippen LogP) is 3.52. The molecule has 0 aromatic heterocycles. The molecule has 1 N–H and O–H groups in total. The molecule has 1 saturated heterocycles. The van der Waals surface area contributed by atoms with E-state index in [2.05, 4.69) is 19.2 Å². The van der Waals surface area contributed by atoms with E-state index in [0.29, 0.717) is 6.10 Å². The van der Waals surface area contributed by atoms with Gasteiger partial charge in [0.15, 0.2) is 0 Å². The highest BCUT2D eigenvalue weighted by atomic mass is 16.5. The zero-order chi connectivity index (χ0) is 14.3. The van der Waals surface area contributed by atoms with Gasteiger partial charge in [0.2, 0.25) is 0 Å². The third kappa shape index (κ3) is 4.71. The van der Waals surface area contributed by atoms with Crippen molar-refractivity contribution >= 4 is 0 Å². The van der Waals surface area contributed by atoms with Gasteiger partial charge < -0.3 is 14.8 Å². The van der Waals surface area contributed by atoms with E-state index in [0.717, 1.165) is 32.2 Å². The zero-order valence-corrected chi connectivity index (χ0v) is 13.5. The highest BCUT2D eigenvalue weighted by Gasteiger charge is 2.36. The van der Waals surface area contributed by atoms with Crippen LogP contribution >= 0.6 is 0 Å². The fraction of sp³-hybridized carbons (Fsp3) is 1.00. The lowest BCUT2D eigenvalue weighted by atomic mass is 9.77. The average molecular weight is 283 g/mol. The molecular weight excluding hydrogens is 250 g/mol. The summed E-state index contributed by atoms with van der Waals surface area (Å²) in [6.45, 7) is 8.24. The largest absolute Gasteiger partial charge is 0.376 e. The second kappa shape index (κ2) is 8.35. The van der Waals surface area contributed by atoms with Gasteiger partial charge in [0.1, 0.15) is 0 Å². The van der Waals surface area contributed by atoms with Crippen molar-refractivity contribution in [1.82, 2.24) is 5.32 Å². The van der Waals surface area contributed by atoms with Gasteiger partial charge >= 0.3 is 0 Å². The molecule has 2 aliphatic rings. The van der Waals surface area contributed by atoms with Crippen molar-refractivity contribution in [2.75, 3.05) is 26.3 Å². The van der Waals surface area contributed by atoms with Gasteiger partial charge in [-0.15, -0.1) is 0 Å². The molecule has 2 rings (SSSR count). The first-order chi connectivity index (χ1) is 9.78. The molecule has 0 bridgehead atoms. The number of ether oxygens (including phenoxy) is 2. The van der Waals surface area contributed by atoms with Gasteiger partial charge in [-0.2, -0.15) is 0 Å². The lowest BCUT2D eigenvalue weighted by molar-refractivity contribution is -0.106. The van der Waals surface area contributed by atoms with Crippen LogP contribution in [0.3, 0.4) is 0 Å². The van der Waals surface area contributed by atoms with Crippen LogP contribution in [0.1, 0.15) is 65.2 Å². The average Bonchev–Trinajstić information content (AvgIpc) is 2.99. The maximum absolute atomic E-state index is 6.40. The Hall–Kier alpha value is -0.120. The van der Waals surface area contributed by atoms with Gasteiger partial charge in [-0.3, -0.25) is 0 Å². The highest BCUT2D eigenvalue weighted by Crippen LogP contribution is 2.37. The van der Waals surface area contributed by atoms with Crippen molar-refractivity contribution in [2.24, 2.45) is 5.92 Å². The minimum atomic E-state index is 0.0756. The third-order valence-corrected chi connectivity index (χ3v) is 5.01. The molecule has 1 heterocycles. The number of likely N-dealkylation sites (N-methyl/N-ethyl adjacent to an activating group) is 1. The maximum Gasteiger partial charge on any atom is 0.0809 e. The van der Waals surface area contributed by atoms with Crippen LogP contribution in [0.15, 0.2) is 0 Å². The quantitative estimate of drug-likeness (QED) is 0.739. The lowest BCUT2D eigenvalue weighted by Gasteiger charge is -2.41. The molecule has 1 atom stereocenters. The van der Waals surface area contributed by atoms with Crippen molar-refractivity contribution in [3.05, 3.63) is 0 Å². The van der Waals surface area contributed by atoms with Crippen LogP contribution in [0.4, 0.5) is 0 Å². The number of rotatable bonds is 8. The molecule has 3 nitrogen and oxygen atoms in total. The van der Waals surface area contributed by atoms with Gasteiger partial charge in [0.05, 0.1) is 18.3 Å². The molecule has 0 radical (unpaired) electrons. The van der Waals surface area contributed by atoms with Gasteiger partial charge in [-0.05, 0) is 51.0 Å². The summed E-state index contributed by atoms with van der Waals surface area (Å²) in [7, 11) is 0. The molecule has 2 fully saturated rings. The Morgan fingerprint density at radius 2 is 2.00 bits per heavy atom. The molecule has 0 amide bonds. The van der Waals surface area contributed by atoms with Crippen molar-refractivity contribution in [1.29, 1.82) is 0 Å². The Balaban J connectivity index is 1.82. The van der Waals surface area contributed by atoms with E-state index >= 15 is 0 Å². The number of hydrogen-bond donors (Lipinski definition) is 1. The Morgan fingerprint density at radius 3 is 2.60 bits per heavy atom. The summed E-state index contributed by atoms with van der Waals surface area (Å²) in [4.78, 5) is 0. The van der Waals surface area contributed by atoms with Gasteiger partial charge in [0.25, 0.3) is 0 Å². The molecule has 1 aliphatic carbocycles. The summed E-state index contributed by atoms with van der Waals surface area (Å²) in [5, 5.41) is 3.52. The molecule has 1 unspecified atom stereocenters. The molecular formula is C17H33NO2. The second-order valence-corrected chi connectivity index (χ2v) is 6.64. The van der Waals surface area contributed by atoms with Crippen LogP contribution in [0.2, 0.25) is 0 Å². The molecule has 0 aromatic rings. The first kappa shape index (κ1) is 16.3. The van der Waals surface area contributed by atoms with Crippen LogP contribution < -0.4 is 5.32 Å². The normalized spacial score (nSPS) is 34.5. The monoisotopic (exact) mass is 283 g/mol. The van der Waals surface area contributed by atoms with Gasteiger partial charge in [-0.25, -0.2) is 0 Å². The van der Waals surface area contributed by atoms with E-state index in [1.54, 1.807) is 0 Å². The number of hydrogen-bond acceptors (Lipinski definition) is 3. The zero-order valence-electron chi connectivity index (χ0n) is 13.5. The van der Waals surface area contributed by atoms with E-state index < -0.39 is 0 Å². The van der Waals surface area contributed by atoms with Crippen molar-refractivity contribution < 1.29 is 9.47 Å². The molecule has 20 heavy (non-hydrogen) atoms. The van der Waals surface area contributed by atoms with Gasteiger partial charge in [0, 0.05) is 13.2 Å². The Bertz CT molecular complexity index is 256. The fourth-order valence-electron chi connectivity index (χ4n) is 3.67. The fourth-order valence-corrected chi connectivity index (χ4v) is 3.67. The molecule has 1 saturated carbocycles. The second-order valence-electron chi connectivity index (χ2n) is 6.64. The minimum absolute atomic E-state index is 0.0756. The standard InChI is InChI=1S/C17H33NO2/c1-3-6-15-8-10-17(11-9-15,14-18-4-2)20-13-16-7-5-12-19-16/h15-16,18H,3-14H2,1-2H3. The molecule has 0 spiro atoms. The Morgan fingerprint density at radius 1 is 1.20 bits per heavy atom. The lowest BCUT2D eigenvalue weighted by Crippen LogP contribution is -2.47. The van der Waals surface area contributed by atoms with E-state index in [1.165, 1.54) is 51.4 Å². The van der Waals surface area contributed by atoms with E-state index in [4.69, 9.17) is 9.47 Å². The van der Waals surface area contributed by atoms with Crippen LogP contribution in [0.25, 0.3) is 0 Å². The summed E-state index contributed by atoms with van der Waals surface area (Å²) in [6, 6.07) is 0. The van der Waals surface area contributed by atoms with Crippen LogP contribution in [0.5, 0.6) is 0 Å². The highest BCUT2D eigenvalue weighted by molar-refractivity contribution is 4.89. The van der Waals surface area contributed by atoms with Crippen molar-refractivity contribution in [2.45, 2.75) is 76.9 Å². The minimum Gasteiger partial charge on any atom is -0.376 e. The topological polar surface area (TPSA) is 30.5 Å². The smallest absolute Gasteiger partial charge is 0.0809 e. The van der Waals surface area contributed by atoms with Crippen molar-refractivity contribution in [3.63, 3.8) is 0 Å². The molecule has 0 aromatic carbocycles. The van der Waals surface area contributed by atoms with E-state index in [1.807, 2.05) is 0 Å². The predicted molar refractivity (Wildman–Crippen MR) is 83.1 cm³/mol. The third-order valence-electron chi connectivity index (χ3n) is 5.01. The van der Waals surface area contributed by atoms with E-state index in [9.17, 15) is 0 Å². The molecule has 118 valence electrons. The summed E-state index contributed by atoms with van der Waals surface area (Å²) >= 11 is 0. The van der Waals surface area contributed by atoms with Crippen LogP contribution in [-0.4, -0.2) is 38.0 Å². The van der Waals surface area contributed by atoms with E-state index in [-0.39, 0.29) is 5.60 Å². The summed E-state index contributed by atoms with van der Waals surface area (Å²) in [5.41, 5.74) is 0.0756. The maximum atomic E-state index is 6.40. The summed E-state index contributed by atoms with van der Waals surface area (Å²) in [5.74, 6) is 0.932. The molecule has 3 heteroatoms. The van der Waals surface area contributed by atoms with Gasteiger partial charge in [-0.1, -0.05) is 26.7 Å². The first-order valence-corrected chi connectivity index (χ1v) is 8.74. The number of nitrogens with one attached hydrogen (secondary N) is 1. The van der Waals surface area contributed by atoms with Crippen molar-refractivity contribution in [3.8, 4) is 0 Å². The molecule has 1 aliphatic heterocycles. The summed E-state index contributed by atoms with van der Waals surface area (Å²) < 4.78 is 12.1. The van der Waals surface area contributed by atoms with Crippen LogP contribution in [0, 0.1) is 5.92 Å². The first-order valence-electron chi connectivity index (χ1n) is 8.74.